The molecule has 8 nitrogen and oxygen atoms in total. The molecule has 2 aliphatic rings. The highest BCUT2D eigenvalue weighted by Gasteiger charge is 2.29. The van der Waals surface area contributed by atoms with Gasteiger partial charge in [-0.15, -0.1) is 0 Å². The lowest BCUT2D eigenvalue weighted by atomic mass is 10.1. The Labute approximate surface area is 201 Å². The van der Waals surface area contributed by atoms with Crippen molar-refractivity contribution in [2.24, 2.45) is 0 Å². The third-order valence-electron chi connectivity index (χ3n) is 6.37. The number of aromatic carboxylic acids is 1. The predicted octanol–water partition coefficient (Wildman–Crippen LogP) is 3.60. The highest BCUT2D eigenvalue weighted by Crippen LogP contribution is 2.38. The van der Waals surface area contributed by atoms with Gasteiger partial charge in [-0.25, -0.2) is 9.18 Å². The lowest BCUT2D eigenvalue weighted by Gasteiger charge is -2.36. The summed E-state index contributed by atoms with van der Waals surface area (Å²) >= 11 is 3.31. The van der Waals surface area contributed by atoms with E-state index in [4.69, 9.17) is 0 Å². The van der Waals surface area contributed by atoms with Gasteiger partial charge in [0.1, 0.15) is 17.1 Å². The van der Waals surface area contributed by atoms with Crippen molar-refractivity contribution in [3.63, 3.8) is 0 Å². The van der Waals surface area contributed by atoms with Crippen LogP contribution in [0.2, 0.25) is 0 Å². The molecule has 3 aromatic rings. The summed E-state index contributed by atoms with van der Waals surface area (Å²) in [6, 6.07) is 7.48. The van der Waals surface area contributed by atoms with Crippen LogP contribution in [-0.2, 0) is 0 Å². The Morgan fingerprint density at radius 1 is 1.03 bits per heavy atom. The molecule has 2 heterocycles. The molecule has 2 N–H and O–H groups in total. The smallest absolute Gasteiger partial charge is 0.341 e. The number of anilines is 1. The zero-order valence-electron chi connectivity index (χ0n) is 18.0. The summed E-state index contributed by atoms with van der Waals surface area (Å²) in [6.45, 7) is 1.39. The Balaban J connectivity index is 1.44. The number of hydrogen-bond donors (Lipinski definition) is 2. The molecule has 2 aromatic carbocycles. The molecule has 0 unspecified atom stereocenters. The van der Waals surface area contributed by atoms with Crippen molar-refractivity contribution in [2.75, 3.05) is 31.1 Å². The maximum absolute atomic E-state index is 15.1. The number of carboxylic acid groups (broad SMARTS) is 1. The molecular weight excluding hydrogens is 509 g/mol. The minimum atomic E-state index is -1.33. The second-order valence-corrected chi connectivity index (χ2v) is 9.49. The topological polar surface area (TPSA) is 103 Å². The Hall–Kier alpha value is -3.40. The lowest BCUT2D eigenvalue weighted by molar-refractivity contribution is 0.0693. The molecule has 1 amide bonds. The Bertz CT molecular complexity index is 1390. The van der Waals surface area contributed by atoms with Crippen LogP contribution in [0.1, 0.15) is 39.6 Å². The summed E-state index contributed by atoms with van der Waals surface area (Å²) in [5.41, 5.74) is -0.0563. The van der Waals surface area contributed by atoms with Gasteiger partial charge >= 0.3 is 5.97 Å². The van der Waals surface area contributed by atoms with Crippen LogP contribution in [0.3, 0.4) is 0 Å². The minimum absolute atomic E-state index is 0.0481. The SMILES string of the molecule is O=C(O)c1cn(C2CC2)c2cc(N3CCN(C(=O)c4cc(Br)ccc4O)CC3)c(F)cc2c1=O. The molecule has 0 bridgehead atoms. The maximum atomic E-state index is 15.1. The molecule has 1 aliphatic heterocycles. The van der Waals surface area contributed by atoms with E-state index >= 15 is 4.39 Å². The third-order valence-corrected chi connectivity index (χ3v) is 6.86. The average molecular weight is 530 g/mol. The second kappa shape index (κ2) is 8.43. The summed E-state index contributed by atoms with van der Waals surface area (Å²) in [6.07, 6.45) is 3.09. The number of carbonyl (C=O) groups is 2. The summed E-state index contributed by atoms with van der Waals surface area (Å²) in [5.74, 6) is -2.35. The van der Waals surface area contributed by atoms with Crippen molar-refractivity contribution >= 4 is 44.4 Å². The summed E-state index contributed by atoms with van der Waals surface area (Å²) < 4.78 is 17.6. The first kappa shape index (κ1) is 22.4. The molecule has 1 saturated carbocycles. The molecule has 0 atom stereocenters. The van der Waals surface area contributed by atoms with Crippen molar-refractivity contribution < 1.29 is 24.2 Å². The molecule has 10 heteroatoms. The van der Waals surface area contributed by atoms with Crippen LogP contribution in [-0.4, -0.2) is 57.7 Å². The van der Waals surface area contributed by atoms with E-state index in [-0.39, 0.29) is 34.2 Å². The van der Waals surface area contributed by atoms with Crippen LogP contribution in [0.15, 0.2) is 45.8 Å². The molecule has 0 radical (unpaired) electrons. The number of carbonyl (C=O) groups excluding carboxylic acids is 1. The van der Waals surface area contributed by atoms with Gasteiger partial charge in [0, 0.05) is 48.3 Å². The normalized spacial score (nSPS) is 16.2. The van der Waals surface area contributed by atoms with E-state index in [1.54, 1.807) is 27.7 Å². The van der Waals surface area contributed by atoms with Crippen LogP contribution in [0.4, 0.5) is 10.1 Å². The number of halogens is 2. The molecule has 1 aromatic heterocycles. The van der Waals surface area contributed by atoms with Crippen molar-refractivity contribution in [1.82, 2.24) is 9.47 Å². The summed E-state index contributed by atoms with van der Waals surface area (Å²) in [5, 5.41) is 19.5. The fourth-order valence-corrected chi connectivity index (χ4v) is 4.77. The van der Waals surface area contributed by atoms with Gasteiger partial charge in [-0.3, -0.25) is 9.59 Å². The molecule has 1 saturated heterocycles. The van der Waals surface area contributed by atoms with Crippen LogP contribution >= 0.6 is 15.9 Å². The number of fused-ring (bicyclic) bond motifs is 1. The average Bonchev–Trinajstić information content (AvgIpc) is 3.66. The first-order valence-electron chi connectivity index (χ1n) is 10.9. The number of hydrogen-bond acceptors (Lipinski definition) is 5. The van der Waals surface area contributed by atoms with Crippen molar-refractivity contribution in [3.05, 3.63) is 68.2 Å². The van der Waals surface area contributed by atoms with E-state index < -0.39 is 17.2 Å². The molecule has 1 aliphatic carbocycles. The van der Waals surface area contributed by atoms with E-state index in [2.05, 4.69) is 15.9 Å². The van der Waals surface area contributed by atoms with Crippen LogP contribution in [0.5, 0.6) is 5.75 Å². The first-order chi connectivity index (χ1) is 16.2. The molecular formula is C24H21BrFN3O5. The summed E-state index contributed by atoms with van der Waals surface area (Å²) in [4.78, 5) is 40.5. The van der Waals surface area contributed by atoms with Crippen molar-refractivity contribution in [3.8, 4) is 5.75 Å². The second-order valence-electron chi connectivity index (χ2n) is 8.58. The number of amides is 1. The van der Waals surface area contributed by atoms with E-state index in [9.17, 15) is 24.6 Å². The predicted molar refractivity (Wildman–Crippen MR) is 127 cm³/mol. The number of benzene rings is 2. The van der Waals surface area contributed by atoms with Gasteiger partial charge < -0.3 is 24.6 Å². The monoisotopic (exact) mass is 529 g/mol. The van der Waals surface area contributed by atoms with E-state index in [1.807, 2.05) is 4.90 Å². The highest BCUT2D eigenvalue weighted by atomic mass is 79.9. The van der Waals surface area contributed by atoms with E-state index in [0.29, 0.717) is 41.9 Å². The van der Waals surface area contributed by atoms with Crippen molar-refractivity contribution in [2.45, 2.75) is 18.9 Å². The zero-order chi connectivity index (χ0) is 24.1. The number of aromatic nitrogens is 1. The summed E-state index contributed by atoms with van der Waals surface area (Å²) in [7, 11) is 0. The molecule has 0 spiro atoms. The number of phenols is 1. The molecule has 5 rings (SSSR count). The Morgan fingerprint density at radius 2 is 1.74 bits per heavy atom. The van der Waals surface area contributed by atoms with Gasteiger partial charge in [-0.1, -0.05) is 15.9 Å². The largest absolute Gasteiger partial charge is 0.507 e. The van der Waals surface area contributed by atoms with Gasteiger partial charge in [0.15, 0.2) is 0 Å². The fourth-order valence-electron chi connectivity index (χ4n) is 4.41. The maximum Gasteiger partial charge on any atom is 0.341 e. The zero-order valence-corrected chi connectivity index (χ0v) is 19.6. The highest BCUT2D eigenvalue weighted by molar-refractivity contribution is 9.10. The standard InChI is InChI=1S/C24H21BrFN3O5/c25-13-1-4-21(30)16(9-13)23(32)28-7-5-27(6-8-28)20-11-19-15(10-18(20)26)22(31)17(24(33)34)12-29(19)14-2-3-14/h1,4,9-12,14,30H,2-3,5-8H2,(H,33,34). The quantitative estimate of drug-likeness (QED) is 0.535. The number of aromatic hydroxyl groups is 1. The fraction of sp³-hybridized carbons (Fsp3) is 0.292. The van der Waals surface area contributed by atoms with Crippen LogP contribution < -0.4 is 10.3 Å². The number of piperazine rings is 1. The Morgan fingerprint density at radius 3 is 2.38 bits per heavy atom. The van der Waals surface area contributed by atoms with Gasteiger partial charge in [0.25, 0.3) is 5.91 Å². The van der Waals surface area contributed by atoms with E-state index in [0.717, 1.165) is 18.9 Å². The van der Waals surface area contributed by atoms with Crippen LogP contribution in [0.25, 0.3) is 10.9 Å². The third kappa shape index (κ3) is 3.91. The molecule has 176 valence electrons. The van der Waals surface area contributed by atoms with Crippen LogP contribution in [0, 0.1) is 5.82 Å². The Kier molecular flexibility index (Phi) is 5.55. The van der Waals surface area contributed by atoms with Gasteiger partial charge in [0.05, 0.1) is 16.8 Å². The number of nitrogens with zero attached hydrogens (tertiary/aromatic N) is 3. The molecule has 2 fully saturated rings. The molecule has 34 heavy (non-hydrogen) atoms. The minimum Gasteiger partial charge on any atom is -0.507 e. The lowest BCUT2D eigenvalue weighted by Crippen LogP contribution is -2.49. The number of carboxylic acids is 1. The van der Waals surface area contributed by atoms with Gasteiger partial charge in [-0.2, -0.15) is 0 Å². The number of phenolic OH excluding ortho intramolecular Hbond substituents is 1. The first-order valence-corrected chi connectivity index (χ1v) is 11.7. The van der Waals surface area contributed by atoms with Gasteiger partial charge in [-0.05, 0) is 43.2 Å². The van der Waals surface area contributed by atoms with E-state index in [1.165, 1.54) is 12.3 Å². The number of rotatable bonds is 4. The number of pyridine rings is 1. The van der Waals surface area contributed by atoms with Gasteiger partial charge in [0.2, 0.25) is 5.43 Å². The van der Waals surface area contributed by atoms with Crippen molar-refractivity contribution in [1.29, 1.82) is 0 Å².